The van der Waals surface area contributed by atoms with Gasteiger partial charge in [0.25, 0.3) is 5.91 Å². The predicted molar refractivity (Wildman–Crippen MR) is 114 cm³/mol. The van der Waals surface area contributed by atoms with Crippen molar-refractivity contribution < 1.29 is 4.79 Å². The SMILES string of the molecule is O=C(Nc1ccccc1)c1ccc(CSc2ccc3ccccc3c2)cc1. The molecule has 0 bridgehead atoms. The van der Waals surface area contributed by atoms with E-state index in [1.54, 1.807) is 11.8 Å². The van der Waals surface area contributed by atoms with E-state index in [4.69, 9.17) is 0 Å². The van der Waals surface area contributed by atoms with Gasteiger partial charge in [-0.15, -0.1) is 11.8 Å². The molecule has 0 spiro atoms. The van der Waals surface area contributed by atoms with Crippen molar-refractivity contribution in [1.29, 1.82) is 0 Å². The quantitative estimate of drug-likeness (QED) is 0.413. The van der Waals surface area contributed by atoms with Crippen LogP contribution in [0.1, 0.15) is 15.9 Å². The van der Waals surface area contributed by atoms with E-state index in [2.05, 4.69) is 47.8 Å². The maximum Gasteiger partial charge on any atom is 0.255 e. The summed E-state index contributed by atoms with van der Waals surface area (Å²) in [5.74, 6) is 0.786. The largest absolute Gasteiger partial charge is 0.322 e. The zero-order chi connectivity index (χ0) is 18.5. The van der Waals surface area contributed by atoms with Crippen molar-refractivity contribution in [3.63, 3.8) is 0 Å². The summed E-state index contributed by atoms with van der Waals surface area (Å²) in [5, 5.41) is 5.43. The summed E-state index contributed by atoms with van der Waals surface area (Å²) in [6.07, 6.45) is 0. The van der Waals surface area contributed by atoms with Crippen LogP contribution in [0, 0.1) is 0 Å². The summed E-state index contributed by atoms with van der Waals surface area (Å²) >= 11 is 1.80. The third-order valence-corrected chi connectivity index (χ3v) is 5.44. The minimum Gasteiger partial charge on any atom is -0.322 e. The Hall–Kier alpha value is -3.04. The zero-order valence-corrected chi connectivity index (χ0v) is 15.6. The van der Waals surface area contributed by atoms with Gasteiger partial charge in [-0.1, -0.05) is 60.7 Å². The fourth-order valence-electron chi connectivity index (χ4n) is 2.90. The average Bonchev–Trinajstić information content (AvgIpc) is 2.73. The topological polar surface area (TPSA) is 29.1 Å². The monoisotopic (exact) mass is 369 g/mol. The number of para-hydroxylation sites is 1. The Balaban J connectivity index is 1.39. The molecule has 0 radical (unpaired) electrons. The molecule has 0 fully saturated rings. The van der Waals surface area contributed by atoms with Gasteiger partial charge in [-0.25, -0.2) is 0 Å². The summed E-state index contributed by atoms with van der Waals surface area (Å²) in [7, 11) is 0. The fourth-order valence-corrected chi connectivity index (χ4v) is 3.80. The predicted octanol–water partition coefficient (Wildman–Crippen LogP) is 6.38. The Morgan fingerprint density at radius 2 is 1.44 bits per heavy atom. The molecular formula is C24H19NOS. The lowest BCUT2D eigenvalue weighted by atomic mass is 10.1. The van der Waals surface area contributed by atoms with Crippen LogP contribution in [-0.2, 0) is 5.75 Å². The number of carbonyl (C=O) groups is 1. The van der Waals surface area contributed by atoms with Crippen LogP contribution < -0.4 is 5.32 Å². The molecule has 4 rings (SSSR count). The van der Waals surface area contributed by atoms with E-state index in [-0.39, 0.29) is 5.91 Å². The number of hydrogen-bond acceptors (Lipinski definition) is 2. The molecule has 1 amide bonds. The first-order chi connectivity index (χ1) is 13.3. The van der Waals surface area contributed by atoms with Gasteiger partial charge in [0, 0.05) is 21.9 Å². The van der Waals surface area contributed by atoms with E-state index in [1.807, 2.05) is 54.6 Å². The highest BCUT2D eigenvalue weighted by Crippen LogP contribution is 2.26. The lowest BCUT2D eigenvalue weighted by Gasteiger charge is -2.07. The molecule has 4 aromatic rings. The van der Waals surface area contributed by atoms with Gasteiger partial charge < -0.3 is 5.32 Å². The second-order valence-corrected chi connectivity index (χ2v) is 7.36. The molecule has 0 aliphatic heterocycles. The first-order valence-corrected chi connectivity index (χ1v) is 9.83. The summed E-state index contributed by atoms with van der Waals surface area (Å²) in [6.45, 7) is 0. The number of thioether (sulfide) groups is 1. The van der Waals surface area contributed by atoms with Crippen LogP contribution in [0.4, 0.5) is 5.69 Å². The number of fused-ring (bicyclic) bond motifs is 1. The lowest BCUT2D eigenvalue weighted by Crippen LogP contribution is -2.11. The van der Waals surface area contributed by atoms with Crippen molar-refractivity contribution in [2.75, 3.05) is 5.32 Å². The molecule has 2 nitrogen and oxygen atoms in total. The van der Waals surface area contributed by atoms with Gasteiger partial charge in [0.15, 0.2) is 0 Å². The van der Waals surface area contributed by atoms with Crippen molar-refractivity contribution in [3.05, 3.63) is 108 Å². The van der Waals surface area contributed by atoms with Crippen LogP contribution in [0.2, 0.25) is 0 Å². The first-order valence-electron chi connectivity index (χ1n) is 8.85. The van der Waals surface area contributed by atoms with Crippen molar-refractivity contribution in [3.8, 4) is 0 Å². The number of amides is 1. The van der Waals surface area contributed by atoms with Gasteiger partial charge in [-0.2, -0.15) is 0 Å². The lowest BCUT2D eigenvalue weighted by molar-refractivity contribution is 0.102. The van der Waals surface area contributed by atoms with Crippen LogP contribution in [0.15, 0.2) is 102 Å². The van der Waals surface area contributed by atoms with Crippen molar-refractivity contribution in [2.45, 2.75) is 10.6 Å². The van der Waals surface area contributed by atoms with E-state index in [0.717, 1.165) is 11.4 Å². The molecule has 0 atom stereocenters. The van der Waals surface area contributed by atoms with E-state index in [1.165, 1.54) is 21.2 Å². The van der Waals surface area contributed by atoms with E-state index in [0.29, 0.717) is 5.56 Å². The first kappa shape index (κ1) is 17.4. The summed E-state index contributed by atoms with van der Waals surface area (Å²) in [4.78, 5) is 13.6. The molecule has 0 unspecified atom stereocenters. The molecule has 3 heteroatoms. The van der Waals surface area contributed by atoms with E-state index < -0.39 is 0 Å². The van der Waals surface area contributed by atoms with E-state index >= 15 is 0 Å². The van der Waals surface area contributed by atoms with Crippen LogP contribution in [0.25, 0.3) is 10.8 Å². The normalized spacial score (nSPS) is 10.7. The summed E-state index contributed by atoms with van der Waals surface area (Å²) < 4.78 is 0. The van der Waals surface area contributed by atoms with E-state index in [9.17, 15) is 4.79 Å². The Kier molecular flexibility index (Phi) is 5.22. The summed E-state index contributed by atoms with van der Waals surface area (Å²) in [6, 6.07) is 32.3. The molecule has 1 N–H and O–H groups in total. The Labute approximate surface area is 163 Å². The maximum atomic E-state index is 12.3. The van der Waals surface area contributed by atoms with Gasteiger partial charge in [0.05, 0.1) is 0 Å². The van der Waals surface area contributed by atoms with Gasteiger partial charge in [-0.3, -0.25) is 4.79 Å². The second kappa shape index (κ2) is 8.11. The van der Waals surface area contributed by atoms with Crippen LogP contribution in [-0.4, -0.2) is 5.91 Å². The maximum absolute atomic E-state index is 12.3. The Morgan fingerprint density at radius 1 is 0.741 bits per heavy atom. The number of benzene rings is 4. The van der Waals surface area contributed by atoms with Gasteiger partial charge in [-0.05, 0) is 52.7 Å². The molecule has 0 aliphatic rings. The fraction of sp³-hybridized carbons (Fsp3) is 0.0417. The van der Waals surface area contributed by atoms with Crippen molar-refractivity contribution in [2.24, 2.45) is 0 Å². The average molecular weight is 369 g/mol. The van der Waals surface area contributed by atoms with Crippen LogP contribution in [0.3, 0.4) is 0 Å². The van der Waals surface area contributed by atoms with Gasteiger partial charge in [0.1, 0.15) is 0 Å². The highest BCUT2D eigenvalue weighted by molar-refractivity contribution is 7.98. The molecule has 0 saturated carbocycles. The zero-order valence-electron chi connectivity index (χ0n) is 14.8. The smallest absolute Gasteiger partial charge is 0.255 e. The number of rotatable bonds is 5. The number of carbonyl (C=O) groups excluding carboxylic acids is 1. The minimum atomic E-state index is -0.0880. The number of anilines is 1. The number of nitrogens with one attached hydrogen (secondary N) is 1. The number of hydrogen-bond donors (Lipinski definition) is 1. The third-order valence-electron chi connectivity index (χ3n) is 4.37. The molecule has 0 heterocycles. The Morgan fingerprint density at radius 3 is 2.22 bits per heavy atom. The van der Waals surface area contributed by atoms with Crippen LogP contribution >= 0.6 is 11.8 Å². The minimum absolute atomic E-state index is 0.0880. The van der Waals surface area contributed by atoms with Crippen molar-refractivity contribution in [1.82, 2.24) is 0 Å². The molecular weight excluding hydrogens is 350 g/mol. The highest BCUT2D eigenvalue weighted by Gasteiger charge is 2.06. The molecule has 4 aromatic carbocycles. The third kappa shape index (κ3) is 4.39. The molecule has 27 heavy (non-hydrogen) atoms. The van der Waals surface area contributed by atoms with Gasteiger partial charge in [0.2, 0.25) is 0 Å². The highest BCUT2D eigenvalue weighted by atomic mass is 32.2. The molecule has 132 valence electrons. The van der Waals surface area contributed by atoms with Crippen molar-refractivity contribution >= 4 is 34.1 Å². The van der Waals surface area contributed by atoms with Gasteiger partial charge >= 0.3 is 0 Å². The molecule has 0 aromatic heterocycles. The Bertz CT molecular complexity index is 1060. The standard InChI is InChI=1S/C24H19NOS/c26-24(25-22-8-2-1-3-9-22)20-12-10-18(11-13-20)17-27-23-15-14-19-6-4-5-7-21(19)16-23/h1-16H,17H2,(H,25,26). The second-order valence-electron chi connectivity index (χ2n) is 6.31. The molecule has 0 saturated heterocycles. The summed E-state index contributed by atoms with van der Waals surface area (Å²) in [5.41, 5.74) is 2.67. The molecule has 0 aliphatic carbocycles. The van der Waals surface area contributed by atoms with Crippen LogP contribution in [0.5, 0.6) is 0 Å².